The number of hydrogen-bond donors (Lipinski definition) is 0. The zero-order valence-electron chi connectivity index (χ0n) is 10.6. The number of hydrogen-bond acceptors (Lipinski definition) is 3. The van der Waals surface area contributed by atoms with Crippen molar-refractivity contribution in [1.29, 1.82) is 0 Å². The molecule has 2 aliphatic rings. The Kier molecular flexibility index (Phi) is 3.06. The first-order valence-electron chi connectivity index (χ1n) is 6.67. The summed E-state index contributed by atoms with van der Waals surface area (Å²) in [5.41, 5.74) is 0.627. The van der Waals surface area contributed by atoms with E-state index in [0.29, 0.717) is 11.1 Å². The molecule has 1 saturated carbocycles. The minimum Gasteiger partial charge on any atom is -0.366 e. The van der Waals surface area contributed by atoms with Gasteiger partial charge < -0.3 is 4.90 Å². The summed E-state index contributed by atoms with van der Waals surface area (Å²) in [6.07, 6.45) is 8.12. The van der Waals surface area contributed by atoms with Gasteiger partial charge >= 0.3 is 0 Å². The van der Waals surface area contributed by atoms with Crippen LogP contribution in [-0.2, 0) is 7.05 Å². The van der Waals surface area contributed by atoms with Crippen molar-refractivity contribution in [3.05, 3.63) is 21.6 Å². The van der Waals surface area contributed by atoms with Gasteiger partial charge in [-0.15, -0.1) is 0 Å². The van der Waals surface area contributed by atoms with E-state index in [2.05, 4.69) is 10.00 Å². The number of rotatable bonds is 1. The molecule has 0 amide bonds. The average molecular weight is 268 g/mol. The molecule has 4 nitrogen and oxygen atoms in total. The summed E-state index contributed by atoms with van der Waals surface area (Å²) in [5.74, 6) is 0.777. The molecule has 98 valence electrons. The first-order chi connectivity index (χ1) is 8.68. The summed E-state index contributed by atoms with van der Waals surface area (Å²) >= 11 is 6.19. The fraction of sp³-hybridized carbons (Fsp3) is 0.692. The Morgan fingerprint density at radius 3 is 2.94 bits per heavy atom. The van der Waals surface area contributed by atoms with E-state index in [4.69, 9.17) is 11.6 Å². The monoisotopic (exact) mass is 267 g/mol. The van der Waals surface area contributed by atoms with E-state index in [0.717, 1.165) is 18.2 Å². The highest BCUT2D eigenvalue weighted by atomic mass is 35.5. The molecule has 0 bridgehead atoms. The quantitative estimate of drug-likeness (QED) is 0.783. The van der Waals surface area contributed by atoms with Gasteiger partial charge in [0.2, 0.25) is 0 Å². The second-order valence-electron chi connectivity index (χ2n) is 5.37. The number of aromatic nitrogens is 2. The van der Waals surface area contributed by atoms with Crippen molar-refractivity contribution < 1.29 is 0 Å². The predicted molar refractivity (Wildman–Crippen MR) is 72.2 cm³/mol. The zero-order chi connectivity index (χ0) is 12.7. The van der Waals surface area contributed by atoms with Gasteiger partial charge in [0, 0.05) is 19.6 Å². The van der Waals surface area contributed by atoms with E-state index in [-0.39, 0.29) is 5.56 Å². The highest BCUT2D eigenvalue weighted by Crippen LogP contribution is 2.39. The molecule has 2 atom stereocenters. The van der Waals surface area contributed by atoms with Crippen molar-refractivity contribution in [3.63, 3.8) is 0 Å². The van der Waals surface area contributed by atoms with Crippen LogP contribution in [0.3, 0.4) is 0 Å². The Bertz CT molecular complexity index is 513. The fourth-order valence-corrected chi connectivity index (χ4v) is 3.69. The largest absolute Gasteiger partial charge is 0.366 e. The lowest BCUT2D eigenvalue weighted by atomic mass is 9.85. The number of fused-ring (bicyclic) bond motifs is 1. The van der Waals surface area contributed by atoms with Gasteiger partial charge in [0.25, 0.3) is 5.56 Å². The molecule has 0 radical (unpaired) electrons. The molecule has 1 aliphatic carbocycles. The van der Waals surface area contributed by atoms with Gasteiger partial charge in [-0.25, -0.2) is 4.68 Å². The maximum absolute atomic E-state index is 11.8. The minimum atomic E-state index is -0.201. The second-order valence-corrected chi connectivity index (χ2v) is 5.74. The van der Waals surface area contributed by atoms with E-state index in [9.17, 15) is 4.79 Å². The molecule has 2 unspecified atom stereocenters. The third-order valence-corrected chi connectivity index (χ3v) is 4.73. The van der Waals surface area contributed by atoms with Crippen LogP contribution >= 0.6 is 11.6 Å². The summed E-state index contributed by atoms with van der Waals surface area (Å²) in [6, 6.07) is 0.560. The number of aryl methyl sites for hydroxylation is 1. The van der Waals surface area contributed by atoms with E-state index in [1.54, 1.807) is 13.2 Å². The lowest BCUT2D eigenvalue weighted by Gasteiger charge is -2.33. The molecule has 0 N–H and O–H groups in total. The SMILES string of the molecule is Cn1ncc(N2CCC3CCCCC32)c(Cl)c1=O. The molecular weight excluding hydrogens is 250 g/mol. The van der Waals surface area contributed by atoms with Crippen molar-refractivity contribution in [2.75, 3.05) is 11.4 Å². The van der Waals surface area contributed by atoms with Crippen molar-refractivity contribution in [2.45, 2.75) is 38.1 Å². The number of anilines is 1. The Hall–Kier alpha value is -1.03. The van der Waals surface area contributed by atoms with E-state index < -0.39 is 0 Å². The molecule has 18 heavy (non-hydrogen) atoms. The first-order valence-corrected chi connectivity index (χ1v) is 7.04. The van der Waals surface area contributed by atoms with Crippen LogP contribution in [0.15, 0.2) is 11.0 Å². The van der Waals surface area contributed by atoms with Crippen LogP contribution in [0.5, 0.6) is 0 Å². The van der Waals surface area contributed by atoms with Crippen LogP contribution in [0.1, 0.15) is 32.1 Å². The van der Waals surface area contributed by atoms with Gasteiger partial charge in [0.05, 0.1) is 11.9 Å². The molecule has 3 rings (SSSR count). The molecule has 1 aromatic rings. The Morgan fingerprint density at radius 2 is 2.11 bits per heavy atom. The molecule has 0 spiro atoms. The van der Waals surface area contributed by atoms with Crippen molar-refractivity contribution >= 4 is 17.3 Å². The molecule has 2 fully saturated rings. The smallest absolute Gasteiger partial charge is 0.287 e. The Balaban J connectivity index is 1.96. The average Bonchev–Trinajstić information content (AvgIpc) is 2.80. The molecule has 1 aliphatic heterocycles. The molecule has 5 heteroatoms. The number of nitrogens with zero attached hydrogens (tertiary/aromatic N) is 3. The minimum absolute atomic E-state index is 0.201. The predicted octanol–water partition coefficient (Wildman–Crippen LogP) is 2.20. The van der Waals surface area contributed by atoms with Gasteiger partial charge in [-0.2, -0.15) is 5.10 Å². The summed E-state index contributed by atoms with van der Waals surface area (Å²) < 4.78 is 1.29. The maximum Gasteiger partial charge on any atom is 0.287 e. The van der Waals surface area contributed by atoms with Crippen molar-refractivity contribution in [3.8, 4) is 0 Å². The van der Waals surface area contributed by atoms with Crippen LogP contribution in [0.2, 0.25) is 5.02 Å². The van der Waals surface area contributed by atoms with E-state index in [1.165, 1.54) is 36.8 Å². The summed E-state index contributed by atoms with van der Waals surface area (Å²) in [6.45, 7) is 1.00. The summed E-state index contributed by atoms with van der Waals surface area (Å²) in [7, 11) is 1.63. The maximum atomic E-state index is 11.8. The number of halogens is 1. The summed E-state index contributed by atoms with van der Waals surface area (Å²) in [4.78, 5) is 14.2. The molecule has 1 aromatic heterocycles. The van der Waals surface area contributed by atoms with Crippen molar-refractivity contribution in [1.82, 2.24) is 9.78 Å². The van der Waals surface area contributed by atoms with Gasteiger partial charge in [0.15, 0.2) is 0 Å². The highest BCUT2D eigenvalue weighted by molar-refractivity contribution is 6.33. The van der Waals surface area contributed by atoms with Gasteiger partial charge in [-0.3, -0.25) is 4.79 Å². The van der Waals surface area contributed by atoms with Crippen molar-refractivity contribution in [2.24, 2.45) is 13.0 Å². The van der Waals surface area contributed by atoms with Gasteiger partial charge in [-0.05, 0) is 25.2 Å². The van der Waals surface area contributed by atoms with Crippen LogP contribution in [0, 0.1) is 5.92 Å². The highest BCUT2D eigenvalue weighted by Gasteiger charge is 2.36. The van der Waals surface area contributed by atoms with E-state index >= 15 is 0 Å². The van der Waals surface area contributed by atoms with Crippen LogP contribution < -0.4 is 10.5 Å². The van der Waals surface area contributed by atoms with Crippen LogP contribution in [0.4, 0.5) is 5.69 Å². The van der Waals surface area contributed by atoms with E-state index in [1.807, 2.05) is 0 Å². The van der Waals surface area contributed by atoms with Gasteiger partial charge in [0.1, 0.15) is 5.02 Å². The van der Waals surface area contributed by atoms with Gasteiger partial charge in [-0.1, -0.05) is 24.4 Å². The lowest BCUT2D eigenvalue weighted by Crippen LogP contribution is -2.36. The molecule has 1 saturated heterocycles. The first kappa shape index (κ1) is 12.0. The molecular formula is C13H18ClN3O. The topological polar surface area (TPSA) is 38.1 Å². The normalized spacial score (nSPS) is 27.3. The Labute approximate surface area is 112 Å². The Morgan fingerprint density at radius 1 is 1.33 bits per heavy atom. The molecule has 0 aromatic carbocycles. The lowest BCUT2D eigenvalue weighted by molar-refractivity contribution is 0.342. The van der Waals surface area contributed by atoms with Crippen LogP contribution in [0.25, 0.3) is 0 Å². The third kappa shape index (κ3) is 1.83. The van der Waals surface area contributed by atoms with Crippen LogP contribution in [-0.4, -0.2) is 22.4 Å². The second kappa shape index (κ2) is 4.57. The zero-order valence-corrected chi connectivity index (χ0v) is 11.4. The molecule has 2 heterocycles. The third-order valence-electron chi connectivity index (χ3n) is 4.38. The fourth-order valence-electron chi connectivity index (χ4n) is 3.41. The summed E-state index contributed by atoms with van der Waals surface area (Å²) in [5, 5.41) is 4.42. The standard InChI is InChI=1S/C13H18ClN3O/c1-16-13(18)12(14)11(8-15-16)17-7-6-9-4-2-3-5-10(9)17/h8-10H,2-7H2,1H3.